The molecule has 0 bridgehead atoms. The molecule has 1 aliphatic rings. The second kappa shape index (κ2) is 8.10. The summed E-state index contributed by atoms with van der Waals surface area (Å²) < 4.78 is 7.47. The van der Waals surface area contributed by atoms with Crippen LogP contribution in [0.2, 0.25) is 0 Å². The van der Waals surface area contributed by atoms with Gasteiger partial charge in [0.1, 0.15) is 18.2 Å². The number of nitrogens with one attached hydrogen (secondary N) is 2. The molecule has 0 saturated carbocycles. The molecular formula is C23H20N6O3. The van der Waals surface area contributed by atoms with Crippen LogP contribution in [-0.4, -0.2) is 30.9 Å². The molecule has 3 aromatic heterocycles. The lowest BCUT2D eigenvalue weighted by atomic mass is 9.86. The Morgan fingerprint density at radius 3 is 2.81 bits per heavy atom. The van der Waals surface area contributed by atoms with E-state index < -0.39 is 0 Å². The summed E-state index contributed by atoms with van der Waals surface area (Å²) in [6.07, 6.45) is 2.03. The Bertz CT molecular complexity index is 1330. The van der Waals surface area contributed by atoms with Crippen molar-refractivity contribution in [3.8, 4) is 11.6 Å². The fourth-order valence-electron chi connectivity index (χ4n) is 3.91. The van der Waals surface area contributed by atoms with Crippen molar-refractivity contribution in [2.45, 2.75) is 25.9 Å². The van der Waals surface area contributed by atoms with Crippen molar-refractivity contribution in [2.75, 3.05) is 5.32 Å². The third kappa shape index (κ3) is 3.76. The SMILES string of the molecule is Cc1nn(-c2ccc(=O)[nH]n2)c2c1[C@H](c1cccc(OCc3ccccn3)c1)CC(=O)N2. The first-order chi connectivity index (χ1) is 15.6. The summed E-state index contributed by atoms with van der Waals surface area (Å²) in [5, 5.41) is 13.9. The fourth-order valence-corrected chi connectivity index (χ4v) is 3.91. The van der Waals surface area contributed by atoms with Gasteiger partial charge in [-0.1, -0.05) is 18.2 Å². The molecule has 4 heterocycles. The number of H-pyrrole nitrogens is 1. The minimum absolute atomic E-state index is 0.118. The Hall–Kier alpha value is -4.27. The van der Waals surface area contributed by atoms with Gasteiger partial charge in [-0.25, -0.2) is 5.10 Å². The van der Waals surface area contributed by atoms with Gasteiger partial charge in [-0.05, 0) is 42.8 Å². The lowest BCUT2D eigenvalue weighted by Crippen LogP contribution is -2.25. The van der Waals surface area contributed by atoms with E-state index in [1.54, 1.807) is 16.9 Å². The van der Waals surface area contributed by atoms with Gasteiger partial charge < -0.3 is 10.1 Å². The lowest BCUT2D eigenvalue weighted by molar-refractivity contribution is -0.116. The number of nitrogens with zero attached hydrogens (tertiary/aromatic N) is 4. The smallest absolute Gasteiger partial charge is 0.264 e. The number of pyridine rings is 1. The zero-order valence-corrected chi connectivity index (χ0v) is 17.3. The molecule has 1 atom stereocenters. The van der Waals surface area contributed by atoms with Gasteiger partial charge in [-0.3, -0.25) is 14.6 Å². The third-order valence-electron chi connectivity index (χ3n) is 5.36. The highest BCUT2D eigenvalue weighted by molar-refractivity contribution is 5.95. The molecule has 9 nitrogen and oxygen atoms in total. The topological polar surface area (TPSA) is 115 Å². The van der Waals surface area contributed by atoms with Crippen molar-refractivity contribution in [1.29, 1.82) is 0 Å². The summed E-state index contributed by atoms with van der Waals surface area (Å²) in [5.41, 5.74) is 3.17. The molecular weight excluding hydrogens is 408 g/mol. The molecule has 0 fully saturated rings. The number of carbonyl (C=O) groups excluding carboxylic acids is 1. The van der Waals surface area contributed by atoms with Gasteiger partial charge in [0.15, 0.2) is 5.82 Å². The van der Waals surface area contributed by atoms with Crippen LogP contribution in [0.25, 0.3) is 5.82 Å². The number of amides is 1. The minimum Gasteiger partial charge on any atom is -0.487 e. The number of hydrogen-bond donors (Lipinski definition) is 2. The Morgan fingerprint density at radius 2 is 2.03 bits per heavy atom. The molecule has 0 unspecified atom stereocenters. The van der Waals surface area contributed by atoms with E-state index in [9.17, 15) is 9.59 Å². The standard InChI is InChI=1S/C23H20N6O3/c1-14-22-18(15-5-4-7-17(11-15)32-13-16-6-2-3-10-24-16)12-21(31)25-23(22)29(28-14)19-8-9-20(30)27-26-19/h2-11,18H,12-13H2,1H3,(H,25,31)(H,27,30)/t18-/m0/s1. The monoisotopic (exact) mass is 428 g/mol. The Morgan fingerprint density at radius 1 is 1.12 bits per heavy atom. The number of ether oxygens (including phenoxy) is 1. The van der Waals surface area contributed by atoms with E-state index in [-0.39, 0.29) is 17.4 Å². The molecule has 1 aliphatic heterocycles. The van der Waals surface area contributed by atoms with Crippen LogP contribution in [0, 0.1) is 6.92 Å². The van der Waals surface area contributed by atoms with Crippen molar-refractivity contribution in [3.63, 3.8) is 0 Å². The summed E-state index contributed by atoms with van der Waals surface area (Å²) in [7, 11) is 0. The van der Waals surface area contributed by atoms with Crippen LogP contribution in [0.3, 0.4) is 0 Å². The Labute approximate surface area is 183 Å². The number of anilines is 1. The molecule has 9 heteroatoms. The van der Waals surface area contributed by atoms with Crippen molar-refractivity contribution in [2.24, 2.45) is 0 Å². The highest BCUT2D eigenvalue weighted by atomic mass is 16.5. The van der Waals surface area contributed by atoms with E-state index in [0.29, 0.717) is 30.4 Å². The van der Waals surface area contributed by atoms with Crippen LogP contribution in [0.5, 0.6) is 5.75 Å². The number of carbonyl (C=O) groups is 1. The van der Waals surface area contributed by atoms with Crippen LogP contribution >= 0.6 is 0 Å². The quantitative estimate of drug-likeness (QED) is 0.505. The van der Waals surface area contributed by atoms with Crippen LogP contribution < -0.4 is 15.6 Å². The zero-order valence-electron chi connectivity index (χ0n) is 17.3. The fraction of sp³-hybridized carbons (Fsp3) is 0.174. The van der Waals surface area contributed by atoms with E-state index in [0.717, 1.165) is 22.5 Å². The van der Waals surface area contributed by atoms with Crippen molar-refractivity contribution in [3.05, 3.63) is 93.7 Å². The average molecular weight is 428 g/mol. The molecule has 5 rings (SSSR count). The number of aryl methyl sites for hydroxylation is 1. The van der Waals surface area contributed by atoms with Gasteiger partial charge in [0.25, 0.3) is 5.56 Å². The molecule has 32 heavy (non-hydrogen) atoms. The normalized spacial score (nSPS) is 15.2. The predicted octanol–water partition coefficient (Wildman–Crippen LogP) is 2.71. The molecule has 0 spiro atoms. The molecule has 1 aromatic carbocycles. The van der Waals surface area contributed by atoms with E-state index in [1.165, 1.54) is 6.07 Å². The van der Waals surface area contributed by atoms with Crippen LogP contribution in [0.4, 0.5) is 5.82 Å². The first-order valence-corrected chi connectivity index (χ1v) is 10.2. The van der Waals surface area contributed by atoms with Crippen LogP contribution in [-0.2, 0) is 11.4 Å². The Kier molecular flexibility index (Phi) is 4.98. The summed E-state index contributed by atoms with van der Waals surface area (Å²) in [5.74, 6) is 1.38. The van der Waals surface area contributed by atoms with Crippen molar-refractivity contribution in [1.82, 2.24) is 25.0 Å². The number of fused-ring (bicyclic) bond motifs is 1. The van der Waals surface area contributed by atoms with Crippen LogP contribution in [0.1, 0.15) is 34.9 Å². The second-order valence-corrected chi connectivity index (χ2v) is 7.53. The highest BCUT2D eigenvalue weighted by Gasteiger charge is 2.33. The summed E-state index contributed by atoms with van der Waals surface area (Å²) in [6.45, 7) is 2.25. The number of benzene rings is 1. The van der Waals surface area contributed by atoms with E-state index in [2.05, 4.69) is 25.6 Å². The van der Waals surface area contributed by atoms with Gasteiger partial charge in [0.05, 0.1) is 11.4 Å². The molecule has 4 aromatic rings. The molecule has 2 N–H and O–H groups in total. The van der Waals surface area contributed by atoms with Crippen LogP contribution in [0.15, 0.2) is 65.6 Å². The van der Waals surface area contributed by atoms with Gasteiger partial charge in [0.2, 0.25) is 5.91 Å². The first kappa shape index (κ1) is 19.7. The predicted molar refractivity (Wildman–Crippen MR) is 117 cm³/mol. The zero-order chi connectivity index (χ0) is 22.1. The maximum Gasteiger partial charge on any atom is 0.264 e. The molecule has 0 aliphatic carbocycles. The first-order valence-electron chi connectivity index (χ1n) is 10.2. The number of hydrogen-bond acceptors (Lipinski definition) is 6. The lowest BCUT2D eigenvalue weighted by Gasteiger charge is -2.24. The molecule has 0 radical (unpaired) electrons. The minimum atomic E-state index is -0.309. The van der Waals surface area contributed by atoms with Gasteiger partial charge in [-0.15, -0.1) is 0 Å². The number of rotatable bonds is 5. The average Bonchev–Trinajstić information content (AvgIpc) is 3.14. The van der Waals surface area contributed by atoms with Crippen molar-refractivity contribution >= 4 is 11.7 Å². The van der Waals surface area contributed by atoms with E-state index >= 15 is 0 Å². The number of aromatic amines is 1. The summed E-state index contributed by atoms with van der Waals surface area (Å²) in [6, 6.07) is 16.4. The molecule has 1 amide bonds. The summed E-state index contributed by atoms with van der Waals surface area (Å²) >= 11 is 0. The van der Waals surface area contributed by atoms with Crippen molar-refractivity contribution < 1.29 is 9.53 Å². The Balaban J connectivity index is 1.49. The maximum atomic E-state index is 12.6. The maximum absolute atomic E-state index is 12.6. The summed E-state index contributed by atoms with van der Waals surface area (Å²) in [4.78, 5) is 28.2. The highest BCUT2D eigenvalue weighted by Crippen LogP contribution is 2.40. The third-order valence-corrected chi connectivity index (χ3v) is 5.36. The number of aromatic nitrogens is 5. The molecule has 0 saturated heterocycles. The van der Waals surface area contributed by atoms with E-state index in [4.69, 9.17) is 4.74 Å². The van der Waals surface area contributed by atoms with E-state index in [1.807, 2.05) is 49.4 Å². The van der Waals surface area contributed by atoms with Gasteiger partial charge >= 0.3 is 0 Å². The van der Waals surface area contributed by atoms with Gasteiger partial charge in [0, 0.05) is 30.2 Å². The largest absolute Gasteiger partial charge is 0.487 e. The second-order valence-electron chi connectivity index (χ2n) is 7.53. The van der Waals surface area contributed by atoms with Gasteiger partial charge in [-0.2, -0.15) is 14.9 Å². The molecule has 160 valence electrons.